The molecule has 1 aliphatic heterocycles. The maximum Gasteiger partial charge on any atom is 0.414 e. The van der Waals surface area contributed by atoms with Crippen molar-refractivity contribution in [3.63, 3.8) is 0 Å². The van der Waals surface area contributed by atoms with Crippen LogP contribution in [0.3, 0.4) is 0 Å². The fourth-order valence-electron chi connectivity index (χ4n) is 1.26. The van der Waals surface area contributed by atoms with E-state index in [1.165, 1.54) is 17.9 Å². The predicted octanol–water partition coefficient (Wildman–Crippen LogP) is 2.10. The molecule has 0 unspecified atom stereocenters. The van der Waals surface area contributed by atoms with E-state index in [9.17, 15) is 9.59 Å². The van der Waals surface area contributed by atoms with E-state index in [1.54, 1.807) is 0 Å². The fraction of sp³-hybridized carbons (Fsp3) is 0.636. The number of nitrogens with zero attached hydrogens (tertiary/aromatic N) is 1. The van der Waals surface area contributed by atoms with Crippen LogP contribution in [-0.2, 0) is 9.53 Å². The number of carbonyl (C=O) groups is 2. The van der Waals surface area contributed by atoms with Crippen LogP contribution in [0.25, 0.3) is 0 Å². The van der Waals surface area contributed by atoms with Gasteiger partial charge in [0.2, 0.25) is 0 Å². The molecular formula is C11H17NO3. The number of ketones is 1. The van der Waals surface area contributed by atoms with Gasteiger partial charge in [-0.2, -0.15) is 0 Å². The van der Waals surface area contributed by atoms with Gasteiger partial charge < -0.3 is 4.74 Å². The molecule has 1 amide bonds. The van der Waals surface area contributed by atoms with Gasteiger partial charge in [-0.15, -0.1) is 0 Å². The molecule has 4 heteroatoms. The van der Waals surface area contributed by atoms with Crippen LogP contribution in [-0.4, -0.2) is 28.9 Å². The molecule has 1 fully saturated rings. The van der Waals surface area contributed by atoms with Gasteiger partial charge in [0.05, 0.1) is 0 Å². The van der Waals surface area contributed by atoms with E-state index in [1.807, 2.05) is 20.8 Å². The van der Waals surface area contributed by atoms with Gasteiger partial charge in [-0.25, -0.2) is 4.79 Å². The SMILES string of the molecule is CC(=O)C=C1CCN1C(=O)OC(C)(C)C. The molecular weight excluding hydrogens is 194 g/mol. The van der Waals surface area contributed by atoms with Crippen molar-refractivity contribution in [1.82, 2.24) is 4.90 Å². The topological polar surface area (TPSA) is 46.6 Å². The minimum absolute atomic E-state index is 0.0433. The van der Waals surface area contributed by atoms with Crippen LogP contribution in [0.4, 0.5) is 4.79 Å². The molecule has 1 rings (SSSR count). The van der Waals surface area contributed by atoms with Crippen molar-refractivity contribution < 1.29 is 14.3 Å². The lowest BCUT2D eigenvalue weighted by molar-refractivity contribution is -0.112. The molecule has 0 aromatic carbocycles. The number of likely N-dealkylation sites (tertiary alicyclic amines) is 1. The zero-order chi connectivity index (χ0) is 11.6. The van der Waals surface area contributed by atoms with Crippen LogP contribution in [0.5, 0.6) is 0 Å². The first-order valence-corrected chi connectivity index (χ1v) is 5.01. The Kier molecular flexibility index (Phi) is 3.17. The van der Waals surface area contributed by atoms with Crippen LogP contribution < -0.4 is 0 Å². The molecule has 0 aromatic rings. The number of amides is 1. The van der Waals surface area contributed by atoms with Crippen LogP contribution in [0.2, 0.25) is 0 Å². The molecule has 4 nitrogen and oxygen atoms in total. The molecule has 0 atom stereocenters. The molecule has 0 saturated carbocycles. The number of carbonyl (C=O) groups excluding carboxylic acids is 2. The van der Waals surface area contributed by atoms with Gasteiger partial charge in [-0.1, -0.05) is 0 Å². The first kappa shape index (κ1) is 11.8. The maximum absolute atomic E-state index is 11.6. The number of hydrogen-bond donors (Lipinski definition) is 0. The van der Waals surface area contributed by atoms with E-state index < -0.39 is 5.60 Å². The number of ether oxygens (including phenoxy) is 1. The van der Waals surface area contributed by atoms with Crippen LogP contribution in [0, 0.1) is 0 Å². The number of hydrogen-bond acceptors (Lipinski definition) is 3. The molecule has 1 aliphatic rings. The highest BCUT2D eigenvalue weighted by Gasteiger charge is 2.30. The Morgan fingerprint density at radius 3 is 2.33 bits per heavy atom. The summed E-state index contributed by atoms with van der Waals surface area (Å²) in [6, 6.07) is 0. The summed E-state index contributed by atoms with van der Waals surface area (Å²) < 4.78 is 5.19. The van der Waals surface area contributed by atoms with E-state index in [0.29, 0.717) is 6.54 Å². The summed E-state index contributed by atoms with van der Waals surface area (Å²) in [6.07, 6.45) is 1.87. The summed E-state index contributed by atoms with van der Waals surface area (Å²) in [6.45, 7) is 7.56. The van der Waals surface area contributed by atoms with E-state index in [-0.39, 0.29) is 11.9 Å². The lowest BCUT2D eigenvalue weighted by Gasteiger charge is -2.35. The Balaban J connectivity index is 2.59. The molecule has 1 heterocycles. The number of allylic oxidation sites excluding steroid dienone is 1. The van der Waals surface area contributed by atoms with Gasteiger partial charge in [-0.05, 0) is 27.7 Å². The van der Waals surface area contributed by atoms with Crippen LogP contribution in [0.15, 0.2) is 11.8 Å². The predicted molar refractivity (Wildman–Crippen MR) is 56.3 cm³/mol. The molecule has 0 aromatic heterocycles. The van der Waals surface area contributed by atoms with Crippen molar-refractivity contribution in [2.75, 3.05) is 6.54 Å². The van der Waals surface area contributed by atoms with Gasteiger partial charge in [0.1, 0.15) is 5.60 Å². The lowest BCUT2D eigenvalue weighted by Crippen LogP contribution is -2.43. The van der Waals surface area contributed by atoms with Crippen molar-refractivity contribution in [3.05, 3.63) is 11.8 Å². The lowest BCUT2D eigenvalue weighted by atomic mass is 10.1. The van der Waals surface area contributed by atoms with Crippen molar-refractivity contribution >= 4 is 11.9 Å². The second-order valence-electron chi connectivity index (χ2n) is 4.63. The molecule has 84 valence electrons. The van der Waals surface area contributed by atoms with Gasteiger partial charge in [-0.3, -0.25) is 9.69 Å². The van der Waals surface area contributed by atoms with Crippen LogP contribution >= 0.6 is 0 Å². The van der Waals surface area contributed by atoms with Crippen LogP contribution in [0.1, 0.15) is 34.1 Å². The average molecular weight is 211 g/mol. The maximum atomic E-state index is 11.6. The highest BCUT2D eigenvalue weighted by molar-refractivity contribution is 5.89. The standard InChI is InChI=1S/C11H17NO3/c1-8(13)7-9-5-6-12(9)10(14)15-11(2,3)4/h7H,5-6H2,1-4H3. The zero-order valence-electron chi connectivity index (χ0n) is 9.66. The minimum Gasteiger partial charge on any atom is -0.443 e. The monoisotopic (exact) mass is 211 g/mol. The summed E-state index contributed by atoms with van der Waals surface area (Å²) >= 11 is 0. The molecule has 0 radical (unpaired) electrons. The quantitative estimate of drug-likeness (QED) is 0.624. The second-order valence-corrected chi connectivity index (χ2v) is 4.63. The third-order valence-electron chi connectivity index (χ3n) is 1.92. The summed E-state index contributed by atoms with van der Waals surface area (Å²) in [4.78, 5) is 23.9. The summed E-state index contributed by atoms with van der Waals surface area (Å²) in [7, 11) is 0. The Labute approximate surface area is 89.9 Å². The van der Waals surface area contributed by atoms with E-state index in [4.69, 9.17) is 4.74 Å². The Bertz CT molecular complexity index is 312. The summed E-state index contributed by atoms with van der Waals surface area (Å²) in [5.74, 6) is -0.0433. The largest absolute Gasteiger partial charge is 0.443 e. The summed E-state index contributed by atoms with van der Waals surface area (Å²) in [5, 5.41) is 0. The molecule has 0 N–H and O–H groups in total. The van der Waals surface area contributed by atoms with Gasteiger partial charge in [0, 0.05) is 24.7 Å². The van der Waals surface area contributed by atoms with Crippen molar-refractivity contribution in [3.8, 4) is 0 Å². The third kappa shape index (κ3) is 3.38. The van der Waals surface area contributed by atoms with E-state index >= 15 is 0 Å². The number of rotatable bonds is 1. The molecule has 0 aliphatic carbocycles. The smallest absolute Gasteiger partial charge is 0.414 e. The normalized spacial score (nSPS) is 18.7. The Morgan fingerprint density at radius 2 is 2.00 bits per heavy atom. The highest BCUT2D eigenvalue weighted by Crippen LogP contribution is 2.24. The van der Waals surface area contributed by atoms with Gasteiger partial charge in [0.25, 0.3) is 0 Å². The molecule has 1 saturated heterocycles. The van der Waals surface area contributed by atoms with Gasteiger partial charge >= 0.3 is 6.09 Å². The fourth-order valence-corrected chi connectivity index (χ4v) is 1.26. The Morgan fingerprint density at radius 1 is 1.40 bits per heavy atom. The van der Waals surface area contributed by atoms with Crippen molar-refractivity contribution in [2.45, 2.75) is 39.7 Å². The first-order valence-electron chi connectivity index (χ1n) is 5.01. The third-order valence-corrected chi connectivity index (χ3v) is 1.92. The minimum atomic E-state index is -0.492. The van der Waals surface area contributed by atoms with Crippen molar-refractivity contribution in [1.29, 1.82) is 0 Å². The zero-order valence-corrected chi connectivity index (χ0v) is 9.66. The Hall–Kier alpha value is -1.32. The van der Waals surface area contributed by atoms with Crippen molar-refractivity contribution in [2.24, 2.45) is 0 Å². The average Bonchev–Trinajstić information content (AvgIpc) is 1.93. The highest BCUT2D eigenvalue weighted by atomic mass is 16.6. The molecule has 15 heavy (non-hydrogen) atoms. The molecule has 0 spiro atoms. The molecule has 0 bridgehead atoms. The second kappa shape index (κ2) is 4.04. The first-order chi connectivity index (χ1) is 6.79. The summed E-state index contributed by atoms with van der Waals surface area (Å²) in [5.41, 5.74) is 0.255. The van der Waals surface area contributed by atoms with Gasteiger partial charge in [0.15, 0.2) is 5.78 Å². The van der Waals surface area contributed by atoms with E-state index in [2.05, 4.69) is 0 Å². The van der Waals surface area contributed by atoms with E-state index in [0.717, 1.165) is 12.1 Å².